The third-order valence-corrected chi connectivity index (χ3v) is 4.32. The molecule has 0 radical (unpaired) electrons. The highest BCUT2D eigenvalue weighted by Crippen LogP contribution is 2.38. The topological polar surface area (TPSA) is 28.4 Å². The molecule has 2 aliphatic rings. The molecule has 3 heteroatoms. The molecule has 3 rings (SSSR count). The average Bonchev–Trinajstić information content (AvgIpc) is 3.06. The summed E-state index contributed by atoms with van der Waals surface area (Å²) in [6, 6.07) is 5.10. The summed E-state index contributed by atoms with van der Waals surface area (Å²) in [5, 5.41) is 3.38. The van der Waals surface area contributed by atoms with E-state index in [4.69, 9.17) is 4.42 Å². The van der Waals surface area contributed by atoms with E-state index in [0.29, 0.717) is 0 Å². The third kappa shape index (κ3) is 2.62. The quantitative estimate of drug-likeness (QED) is 0.785. The van der Waals surface area contributed by atoms with Gasteiger partial charge in [0.15, 0.2) is 0 Å². The molecule has 2 fully saturated rings. The second-order valence-corrected chi connectivity index (χ2v) is 5.81. The Hall–Kier alpha value is -0.800. The molecule has 1 saturated heterocycles. The largest absolute Gasteiger partial charge is 0.463 e. The number of fused-ring (bicyclic) bond motifs is 2. The smallest absolute Gasteiger partial charge is 0.118 e. The highest BCUT2D eigenvalue weighted by atomic mass is 16.3. The summed E-state index contributed by atoms with van der Waals surface area (Å²) in [5.41, 5.74) is 0. The maximum atomic E-state index is 5.90. The standard InChI is InChI=1S/C15H24N2O/c1-2-7-16-9-14-5-6-15(18-14)11-17-10-12-3-4-13(17)8-12/h5-6,12-13,16H,2-4,7-11H2,1H3. The average molecular weight is 248 g/mol. The van der Waals surface area contributed by atoms with Gasteiger partial charge in [0.25, 0.3) is 0 Å². The van der Waals surface area contributed by atoms with Crippen molar-refractivity contribution in [2.24, 2.45) is 5.92 Å². The minimum Gasteiger partial charge on any atom is -0.463 e. The second kappa shape index (κ2) is 5.45. The Labute approximate surface area is 110 Å². The van der Waals surface area contributed by atoms with Gasteiger partial charge in [-0.05, 0) is 50.3 Å². The van der Waals surface area contributed by atoms with Crippen molar-refractivity contribution in [2.45, 2.75) is 51.7 Å². The van der Waals surface area contributed by atoms with Crippen molar-refractivity contribution in [3.05, 3.63) is 23.7 Å². The number of hydrogen-bond donors (Lipinski definition) is 1. The van der Waals surface area contributed by atoms with Gasteiger partial charge in [0.1, 0.15) is 11.5 Å². The molecule has 3 nitrogen and oxygen atoms in total. The molecule has 2 atom stereocenters. The highest BCUT2D eigenvalue weighted by Gasteiger charge is 2.37. The Bertz CT molecular complexity index is 388. The molecular weight excluding hydrogens is 224 g/mol. The fraction of sp³-hybridized carbons (Fsp3) is 0.733. The summed E-state index contributed by atoms with van der Waals surface area (Å²) in [7, 11) is 0. The van der Waals surface area contributed by atoms with E-state index in [-0.39, 0.29) is 0 Å². The maximum absolute atomic E-state index is 5.90. The van der Waals surface area contributed by atoms with Gasteiger partial charge < -0.3 is 9.73 Å². The molecule has 2 unspecified atom stereocenters. The van der Waals surface area contributed by atoms with Crippen molar-refractivity contribution in [3.8, 4) is 0 Å². The first-order valence-corrected chi connectivity index (χ1v) is 7.37. The number of furan rings is 1. The molecule has 2 heterocycles. The van der Waals surface area contributed by atoms with Gasteiger partial charge in [-0.3, -0.25) is 4.90 Å². The van der Waals surface area contributed by atoms with Crippen molar-refractivity contribution in [1.82, 2.24) is 10.2 Å². The Balaban J connectivity index is 1.51. The predicted molar refractivity (Wildman–Crippen MR) is 72.2 cm³/mol. The van der Waals surface area contributed by atoms with Crippen LogP contribution in [0.15, 0.2) is 16.5 Å². The SMILES string of the molecule is CCCNCc1ccc(CN2CC3CCC2C3)o1. The molecule has 1 aromatic rings. The minimum absolute atomic E-state index is 0.835. The zero-order chi connectivity index (χ0) is 12.4. The van der Waals surface area contributed by atoms with Crippen LogP contribution in [0.5, 0.6) is 0 Å². The summed E-state index contributed by atoms with van der Waals surface area (Å²) >= 11 is 0. The molecule has 1 aliphatic carbocycles. The van der Waals surface area contributed by atoms with Gasteiger partial charge in [0, 0.05) is 12.6 Å². The van der Waals surface area contributed by atoms with Gasteiger partial charge in [-0.2, -0.15) is 0 Å². The predicted octanol–water partition coefficient (Wildman–Crippen LogP) is 2.76. The van der Waals surface area contributed by atoms with Gasteiger partial charge >= 0.3 is 0 Å². The number of nitrogens with zero attached hydrogens (tertiary/aromatic N) is 1. The normalized spacial score (nSPS) is 27.2. The number of hydrogen-bond acceptors (Lipinski definition) is 3. The summed E-state index contributed by atoms with van der Waals surface area (Å²) in [4.78, 5) is 2.61. The van der Waals surface area contributed by atoms with E-state index in [1.165, 1.54) is 32.2 Å². The highest BCUT2D eigenvalue weighted by molar-refractivity contribution is 5.08. The van der Waals surface area contributed by atoms with E-state index in [0.717, 1.165) is 43.1 Å². The van der Waals surface area contributed by atoms with Crippen LogP contribution >= 0.6 is 0 Å². The van der Waals surface area contributed by atoms with Crippen LogP contribution in [0.4, 0.5) is 0 Å². The van der Waals surface area contributed by atoms with Gasteiger partial charge in [0.05, 0.1) is 13.1 Å². The van der Waals surface area contributed by atoms with Crippen molar-refractivity contribution in [2.75, 3.05) is 13.1 Å². The number of likely N-dealkylation sites (tertiary alicyclic amines) is 1. The molecule has 1 saturated carbocycles. The van der Waals surface area contributed by atoms with E-state index in [1.54, 1.807) is 0 Å². The van der Waals surface area contributed by atoms with Gasteiger partial charge in [0.2, 0.25) is 0 Å². The molecule has 1 aliphatic heterocycles. The number of piperidine rings is 1. The van der Waals surface area contributed by atoms with Crippen molar-refractivity contribution >= 4 is 0 Å². The Kier molecular flexibility index (Phi) is 3.71. The lowest BCUT2D eigenvalue weighted by Gasteiger charge is -2.25. The molecular formula is C15H24N2O. The summed E-state index contributed by atoms with van der Waals surface area (Å²) in [6.45, 7) is 6.40. The Morgan fingerprint density at radius 1 is 1.33 bits per heavy atom. The van der Waals surface area contributed by atoms with E-state index >= 15 is 0 Å². The van der Waals surface area contributed by atoms with Crippen LogP contribution in [0.3, 0.4) is 0 Å². The van der Waals surface area contributed by atoms with Gasteiger partial charge in [-0.25, -0.2) is 0 Å². The van der Waals surface area contributed by atoms with Crippen LogP contribution in [0.2, 0.25) is 0 Å². The molecule has 100 valence electrons. The van der Waals surface area contributed by atoms with Crippen molar-refractivity contribution in [3.63, 3.8) is 0 Å². The lowest BCUT2D eigenvalue weighted by Crippen LogP contribution is -2.31. The fourth-order valence-corrected chi connectivity index (χ4v) is 3.41. The Morgan fingerprint density at radius 3 is 2.94 bits per heavy atom. The first kappa shape index (κ1) is 12.2. The van der Waals surface area contributed by atoms with Gasteiger partial charge in [-0.1, -0.05) is 6.92 Å². The second-order valence-electron chi connectivity index (χ2n) is 5.81. The van der Waals surface area contributed by atoms with E-state index < -0.39 is 0 Å². The fourth-order valence-electron chi connectivity index (χ4n) is 3.41. The van der Waals surface area contributed by atoms with E-state index in [1.807, 2.05) is 0 Å². The molecule has 0 spiro atoms. The van der Waals surface area contributed by atoms with Crippen LogP contribution in [0.25, 0.3) is 0 Å². The van der Waals surface area contributed by atoms with Crippen LogP contribution < -0.4 is 5.32 Å². The minimum atomic E-state index is 0.835. The molecule has 18 heavy (non-hydrogen) atoms. The third-order valence-electron chi connectivity index (χ3n) is 4.32. The van der Waals surface area contributed by atoms with Crippen molar-refractivity contribution < 1.29 is 4.42 Å². The van der Waals surface area contributed by atoms with Crippen LogP contribution in [0.1, 0.15) is 44.1 Å². The number of nitrogens with one attached hydrogen (secondary N) is 1. The summed E-state index contributed by atoms with van der Waals surface area (Å²) in [6.07, 6.45) is 5.44. The molecule has 0 amide bonds. The van der Waals surface area contributed by atoms with E-state index in [2.05, 4.69) is 29.3 Å². The zero-order valence-electron chi connectivity index (χ0n) is 11.3. The molecule has 1 N–H and O–H groups in total. The lowest BCUT2D eigenvalue weighted by molar-refractivity contribution is 0.189. The zero-order valence-corrected chi connectivity index (χ0v) is 11.3. The van der Waals surface area contributed by atoms with Gasteiger partial charge in [-0.15, -0.1) is 0 Å². The van der Waals surface area contributed by atoms with E-state index in [9.17, 15) is 0 Å². The van der Waals surface area contributed by atoms with Crippen LogP contribution in [0, 0.1) is 5.92 Å². The molecule has 1 aromatic heterocycles. The molecule has 2 bridgehead atoms. The summed E-state index contributed by atoms with van der Waals surface area (Å²) in [5.74, 6) is 3.18. The lowest BCUT2D eigenvalue weighted by atomic mass is 10.1. The Morgan fingerprint density at radius 2 is 2.22 bits per heavy atom. The maximum Gasteiger partial charge on any atom is 0.118 e. The molecule has 0 aromatic carbocycles. The first-order chi connectivity index (χ1) is 8.85. The summed E-state index contributed by atoms with van der Waals surface area (Å²) < 4.78 is 5.90. The van der Waals surface area contributed by atoms with Crippen LogP contribution in [-0.4, -0.2) is 24.0 Å². The van der Waals surface area contributed by atoms with Crippen LogP contribution in [-0.2, 0) is 13.1 Å². The first-order valence-electron chi connectivity index (χ1n) is 7.37. The number of rotatable bonds is 6. The monoisotopic (exact) mass is 248 g/mol. The van der Waals surface area contributed by atoms with Crippen molar-refractivity contribution in [1.29, 1.82) is 0 Å².